The maximum Gasteiger partial charge on any atom is 0.172 e. The van der Waals surface area contributed by atoms with Crippen LogP contribution in [0, 0.1) is 5.92 Å². The normalized spacial score (nSPS) is 16.4. The zero-order chi connectivity index (χ0) is 14.4. The fourth-order valence-electron chi connectivity index (χ4n) is 3.16. The van der Waals surface area contributed by atoms with Gasteiger partial charge >= 0.3 is 0 Å². The molecule has 20 heavy (non-hydrogen) atoms. The largest absolute Gasteiger partial charge is 0.300 e. The number of ketones is 1. The SMILES string of the molecule is CC(C)CN(CCCC(=O)c1cccs1)C1CCCC1. The van der Waals surface area contributed by atoms with Crippen molar-refractivity contribution < 1.29 is 4.79 Å². The van der Waals surface area contributed by atoms with E-state index < -0.39 is 0 Å². The third kappa shape index (κ3) is 4.71. The minimum Gasteiger partial charge on any atom is -0.300 e. The first-order chi connectivity index (χ1) is 9.66. The average molecular weight is 293 g/mol. The van der Waals surface area contributed by atoms with E-state index in [2.05, 4.69) is 18.7 Å². The lowest BCUT2D eigenvalue weighted by molar-refractivity contribution is 0.0971. The minimum absolute atomic E-state index is 0.316. The van der Waals surface area contributed by atoms with E-state index in [0.29, 0.717) is 18.1 Å². The fourth-order valence-corrected chi connectivity index (χ4v) is 3.86. The highest BCUT2D eigenvalue weighted by atomic mass is 32.1. The summed E-state index contributed by atoms with van der Waals surface area (Å²) in [7, 11) is 0. The standard InChI is InChI=1S/C17H27NOS/c1-14(2)13-18(15-7-3-4-8-15)11-5-9-16(19)17-10-6-12-20-17/h6,10,12,14-15H,3-5,7-9,11,13H2,1-2H3. The summed E-state index contributed by atoms with van der Waals surface area (Å²) < 4.78 is 0. The van der Waals surface area contributed by atoms with Crippen molar-refractivity contribution in [1.29, 1.82) is 0 Å². The third-order valence-electron chi connectivity index (χ3n) is 4.09. The number of carbonyl (C=O) groups excluding carboxylic acids is 1. The molecule has 1 aliphatic carbocycles. The molecule has 2 nitrogen and oxygen atoms in total. The van der Waals surface area contributed by atoms with Crippen LogP contribution in [0.1, 0.15) is 62.0 Å². The molecule has 0 aromatic carbocycles. The zero-order valence-electron chi connectivity index (χ0n) is 12.8. The Balaban J connectivity index is 1.77. The second-order valence-electron chi connectivity index (χ2n) is 6.33. The molecule has 0 spiro atoms. The molecule has 1 aromatic rings. The first kappa shape index (κ1) is 15.7. The van der Waals surface area contributed by atoms with Crippen molar-refractivity contribution in [2.75, 3.05) is 13.1 Å². The summed E-state index contributed by atoms with van der Waals surface area (Å²) >= 11 is 1.56. The highest BCUT2D eigenvalue weighted by molar-refractivity contribution is 7.12. The molecule has 2 rings (SSSR count). The van der Waals surface area contributed by atoms with Crippen molar-refractivity contribution in [2.24, 2.45) is 5.92 Å². The van der Waals surface area contributed by atoms with Gasteiger partial charge < -0.3 is 4.90 Å². The van der Waals surface area contributed by atoms with Crippen molar-refractivity contribution >= 4 is 17.1 Å². The van der Waals surface area contributed by atoms with Gasteiger partial charge in [-0.3, -0.25) is 4.79 Å². The predicted octanol–water partition coefficient (Wildman–Crippen LogP) is 4.61. The Kier molecular flexibility index (Phi) is 6.24. The molecule has 1 aliphatic rings. The number of rotatable bonds is 8. The summed E-state index contributed by atoms with van der Waals surface area (Å²) in [6, 6.07) is 4.67. The molecule has 0 atom stereocenters. The maximum atomic E-state index is 12.0. The van der Waals surface area contributed by atoms with Gasteiger partial charge in [-0.05, 0) is 43.2 Å². The molecule has 0 N–H and O–H groups in total. The van der Waals surface area contributed by atoms with Gasteiger partial charge in [-0.2, -0.15) is 0 Å². The zero-order valence-corrected chi connectivity index (χ0v) is 13.6. The van der Waals surface area contributed by atoms with Crippen LogP contribution < -0.4 is 0 Å². The van der Waals surface area contributed by atoms with Crippen LogP contribution in [0.15, 0.2) is 17.5 Å². The number of hydrogen-bond acceptors (Lipinski definition) is 3. The van der Waals surface area contributed by atoms with E-state index in [0.717, 1.165) is 23.9 Å². The number of thiophene rings is 1. The molecular weight excluding hydrogens is 266 g/mol. The van der Waals surface area contributed by atoms with Gasteiger partial charge in [-0.15, -0.1) is 11.3 Å². The van der Waals surface area contributed by atoms with E-state index in [4.69, 9.17) is 0 Å². The van der Waals surface area contributed by atoms with Crippen LogP contribution in [0.5, 0.6) is 0 Å². The van der Waals surface area contributed by atoms with Crippen LogP contribution in [0.4, 0.5) is 0 Å². The van der Waals surface area contributed by atoms with E-state index >= 15 is 0 Å². The Labute approximate surface area is 127 Å². The number of nitrogens with zero attached hydrogens (tertiary/aromatic N) is 1. The Morgan fingerprint density at radius 2 is 2.15 bits per heavy atom. The monoisotopic (exact) mass is 293 g/mol. The Morgan fingerprint density at radius 3 is 2.75 bits per heavy atom. The summed E-state index contributed by atoms with van der Waals surface area (Å²) in [4.78, 5) is 15.6. The lowest BCUT2D eigenvalue weighted by Gasteiger charge is -2.30. The van der Waals surface area contributed by atoms with Gasteiger partial charge in [0.2, 0.25) is 0 Å². The predicted molar refractivity (Wildman–Crippen MR) is 86.6 cm³/mol. The second-order valence-corrected chi connectivity index (χ2v) is 7.28. The summed E-state index contributed by atoms with van der Waals surface area (Å²) in [6.45, 7) is 6.84. The first-order valence-corrected chi connectivity index (χ1v) is 8.85. The summed E-state index contributed by atoms with van der Waals surface area (Å²) in [5.74, 6) is 1.03. The Hall–Kier alpha value is -0.670. The molecule has 1 saturated carbocycles. The lowest BCUT2D eigenvalue weighted by atomic mass is 10.1. The van der Waals surface area contributed by atoms with E-state index in [-0.39, 0.29) is 0 Å². The summed E-state index contributed by atoms with van der Waals surface area (Å²) in [6.07, 6.45) is 7.17. The topological polar surface area (TPSA) is 20.3 Å². The van der Waals surface area contributed by atoms with Gasteiger partial charge in [0.15, 0.2) is 5.78 Å². The van der Waals surface area contributed by atoms with Crippen molar-refractivity contribution in [3.8, 4) is 0 Å². The highest BCUT2D eigenvalue weighted by Gasteiger charge is 2.22. The van der Waals surface area contributed by atoms with E-state index in [1.807, 2.05) is 17.5 Å². The molecule has 0 bridgehead atoms. The lowest BCUT2D eigenvalue weighted by Crippen LogP contribution is -2.37. The van der Waals surface area contributed by atoms with Crippen molar-refractivity contribution in [1.82, 2.24) is 4.90 Å². The first-order valence-electron chi connectivity index (χ1n) is 7.97. The average Bonchev–Trinajstić information content (AvgIpc) is 3.10. The molecule has 3 heteroatoms. The van der Waals surface area contributed by atoms with Gasteiger partial charge in [-0.1, -0.05) is 32.8 Å². The molecule has 1 aromatic heterocycles. The number of hydrogen-bond donors (Lipinski definition) is 0. The van der Waals surface area contributed by atoms with Gasteiger partial charge in [0, 0.05) is 19.0 Å². The van der Waals surface area contributed by atoms with Crippen LogP contribution in [0.3, 0.4) is 0 Å². The molecule has 1 fully saturated rings. The Bertz CT molecular complexity index is 393. The third-order valence-corrected chi connectivity index (χ3v) is 5.00. The molecular formula is C17H27NOS. The van der Waals surface area contributed by atoms with Crippen LogP contribution in [-0.2, 0) is 0 Å². The van der Waals surface area contributed by atoms with Gasteiger partial charge in [0.1, 0.15) is 0 Å². The van der Waals surface area contributed by atoms with Crippen molar-refractivity contribution in [3.05, 3.63) is 22.4 Å². The molecule has 1 heterocycles. The maximum absolute atomic E-state index is 12.0. The molecule has 0 aliphatic heterocycles. The molecule has 0 radical (unpaired) electrons. The number of carbonyl (C=O) groups is 1. The quantitative estimate of drug-likeness (QED) is 0.652. The summed E-state index contributed by atoms with van der Waals surface area (Å²) in [5.41, 5.74) is 0. The minimum atomic E-state index is 0.316. The van der Waals surface area contributed by atoms with Gasteiger partial charge in [0.05, 0.1) is 4.88 Å². The van der Waals surface area contributed by atoms with Gasteiger partial charge in [-0.25, -0.2) is 0 Å². The van der Waals surface area contributed by atoms with Crippen molar-refractivity contribution in [2.45, 2.75) is 58.4 Å². The molecule has 0 amide bonds. The van der Waals surface area contributed by atoms with Crippen LogP contribution in [-0.4, -0.2) is 29.8 Å². The van der Waals surface area contributed by atoms with Crippen LogP contribution in [0.25, 0.3) is 0 Å². The highest BCUT2D eigenvalue weighted by Crippen LogP contribution is 2.24. The fraction of sp³-hybridized carbons (Fsp3) is 0.706. The van der Waals surface area contributed by atoms with Crippen LogP contribution in [0.2, 0.25) is 0 Å². The van der Waals surface area contributed by atoms with E-state index in [1.54, 1.807) is 11.3 Å². The summed E-state index contributed by atoms with van der Waals surface area (Å²) in [5, 5.41) is 1.98. The molecule has 112 valence electrons. The second kappa shape index (κ2) is 7.94. The van der Waals surface area contributed by atoms with Crippen molar-refractivity contribution in [3.63, 3.8) is 0 Å². The van der Waals surface area contributed by atoms with E-state index in [1.165, 1.54) is 32.2 Å². The smallest absolute Gasteiger partial charge is 0.172 e. The molecule has 0 unspecified atom stereocenters. The molecule has 0 saturated heterocycles. The van der Waals surface area contributed by atoms with Gasteiger partial charge in [0.25, 0.3) is 0 Å². The van der Waals surface area contributed by atoms with E-state index in [9.17, 15) is 4.79 Å². The van der Waals surface area contributed by atoms with Crippen LogP contribution >= 0.6 is 11.3 Å². The number of Topliss-reactive ketones (excluding diaryl/α,β-unsaturated/α-hetero) is 1. The Morgan fingerprint density at radius 1 is 1.40 bits per heavy atom.